The van der Waals surface area contributed by atoms with Crippen molar-refractivity contribution in [3.05, 3.63) is 85.1 Å². The molecule has 0 bridgehead atoms. The largest absolute Gasteiger partial charge is 0.384 e. The molecule has 0 fully saturated rings. The van der Waals surface area contributed by atoms with E-state index in [9.17, 15) is 4.39 Å². The van der Waals surface area contributed by atoms with Crippen LogP contribution in [0.25, 0.3) is 55.6 Å². The number of H-pyrrole nitrogens is 2. The average molecular weight is 492 g/mol. The molecule has 4 heterocycles. The number of fused-ring (bicyclic) bond motifs is 2. The molecule has 0 saturated carbocycles. The molecule has 7 nitrogen and oxygen atoms in total. The van der Waals surface area contributed by atoms with Crippen molar-refractivity contribution < 1.29 is 4.39 Å². The Kier molecular flexibility index (Phi) is 5.86. The summed E-state index contributed by atoms with van der Waals surface area (Å²) in [6.45, 7) is 1.59. The van der Waals surface area contributed by atoms with Gasteiger partial charge in [0, 0.05) is 59.2 Å². The second-order valence-electron chi connectivity index (χ2n) is 9.34. The van der Waals surface area contributed by atoms with Gasteiger partial charge in [0.2, 0.25) is 0 Å². The number of aromatic nitrogens is 5. The quantitative estimate of drug-likeness (QED) is 0.257. The summed E-state index contributed by atoms with van der Waals surface area (Å²) in [6.07, 6.45) is 5.36. The molecule has 0 aliphatic rings. The van der Waals surface area contributed by atoms with Crippen LogP contribution in [-0.4, -0.2) is 57.2 Å². The van der Waals surface area contributed by atoms with Gasteiger partial charge < -0.3 is 15.2 Å². The highest BCUT2D eigenvalue weighted by atomic mass is 19.1. The molecule has 6 rings (SSSR count). The van der Waals surface area contributed by atoms with Gasteiger partial charge in [0.05, 0.1) is 11.4 Å². The molecule has 6 aromatic rings. The van der Waals surface area contributed by atoms with Crippen LogP contribution < -0.4 is 5.32 Å². The predicted molar refractivity (Wildman–Crippen MR) is 147 cm³/mol. The minimum atomic E-state index is -0.271. The third-order valence-corrected chi connectivity index (χ3v) is 6.45. The van der Waals surface area contributed by atoms with Crippen molar-refractivity contribution >= 4 is 27.6 Å². The second kappa shape index (κ2) is 9.48. The van der Waals surface area contributed by atoms with E-state index in [2.05, 4.69) is 47.5 Å². The highest BCUT2D eigenvalue weighted by Crippen LogP contribution is 2.35. The number of benzene rings is 2. The van der Waals surface area contributed by atoms with E-state index in [0.717, 1.165) is 68.7 Å². The normalized spacial score (nSPS) is 11.6. The lowest BCUT2D eigenvalue weighted by molar-refractivity contribution is 0.425. The minimum Gasteiger partial charge on any atom is -0.384 e. The molecule has 0 atom stereocenters. The number of nitrogens with one attached hydrogen (secondary N) is 3. The summed E-state index contributed by atoms with van der Waals surface area (Å²) < 4.78 is 14.6. The molecular weight excluding hydrogens is 465 g/mol. The lowest BCUT2D eigenvalue weighted by Gasteiger charge is -2.13. The van der Waals surface area contributed by atoms with Crippen molar-refractivity contribution in [3.8, 4) is 33.6 Å². The molecular formula is C29H26FN7. The van der Waals surface area contributed by atoms with Gasteiger partial charge in [-0.2, -0.15) is 5.10 Å². The first-order valence-corrected chi connectivity index (χ1v) is 12.1. The van der Waals surface area contributed by atoms with E-state index in [0.29, 0.717) is 5.65 Å². The summed E-state index contributed by atoms with van der Waals surface area (Å²) in [6, 6.07) is 19.2. The molecule has 0 aliphatic heterocycles. The number of hydrogen-bond acceptors (Lipinski definition) is 5. The number of pyridine rings is 2. The molecule has 37 heavy (non-hydrogen) atoms. The Morgan fingerprint density at radius 1 is 0.919 bits per heavy atom. The first-order chi connectivity index (χ1) is 18.0. The van der Waals surface area contributed by atoms with Crippen molar-refractivity contribution in [1.82, 2.24) is 30.0 Å². The van der Waals surface area contributed by atoms with E-state index in [4.69, 9.17) is 0 Å². The highest BCUT2D eigenvalue weighted by Gasteiger charge is 2.15. The fourth-order valence-corrected chi connectivity index (χ4v) is 4.62. The Bertz CT molecular complexity index is 1700. The highest BCUT2D eigenvalue weighted by molar-refractivity contribution is 6.01. The molecule has 0 amide bonds. The van der Waals surface area contributed by atoms with Crippen LogP contribution in [0.5, 0.6) is 0 Å². The van der Waals surface area contributed by atoms with Crippen LogP contribution >= 0.6 is 0 Å². The topological polar surface area (TPSA) is 85.5 Å². The lowest BCUT2D eigenvalue weighted by Crippen LogP contribution is -2.20. The predicted octanol–water partition coefficient (Wildman–Crippen LogP) is 5.95. The molecule has 0 unspecified atom stereocenters. The zero-order valence-corrected chi connectivity index (χ0v) is 20.6. The molecule has 184 valence electrons. The van der Waals surface area contributed by atoms with E-state index in [1.807, 2.05) is 56.7 Å². The SMILES string of the molecule is CN(C)CCNc1cc(F)cc(-c2cccc3[nH]c(-c4[nH]nc5ncc(-c6ccncc6)cc45)cc23)c1. The lowest BCUT2D eigenvalue weighted by atomic mass is 10.0. The molecule has 0 spiro atoms. The third-order valence-electron chi connectivity index (χ3n) is 6.45. The van der Waals surface area contributed by atoms with Crippen LogP contribution in [0.3, 0.4) is 0 Å². The number of nitrogens with zero attached hydrogens (tertiary/aromatic N) is 4. The summed E-state index contributed by atoms with van der Waals surface area (Å²) in [7, 11) is 4.03. The molecule has 2 aromatic carbocycles. The minimum absolute atomic E-state index is 0.271. The summed E-state index contributed by atoms with van der Waals surface area (Å²) in [5.41, 5.74) is 7.91. The van der Waals surface area contributed by atoms with Crippen LogP contribution in [0, 0.1) is 5.82 Å². The van der Waals surface area contributed by atoms with Crippen molar-refractivity contribution in [3.63, 3.8) is 0 Å². The standard InChI is InChI=1S/C29H26FN7/c1-37(2)11-10-32-22-13-19(12-21(30)15-22)23-4-3-5-26-24(23)16-27(34-26)28-25-14-20(17-33-29(25)36-35-28)18-6-8-31-9-7-18/h3-9,12-17,32,34H,10-11H2,1-2H3,(H,33,35,36). The van der Waals surface area contributed by atoms with Crippen LogP contribution in [0.2, 0.25) is 0 Å². The van der Waals surface area contributed by atoms with Crippen LogP contribution in [-0.2, 0) is 0 Å². The van der Waals surface area contributed by atoms with E-state index in [-0.39, 0.29) is 5.82 Å². The van der Waals surface area contributed by atoms with Crippen LogP contribution in [0.15, 0.2) is 79.3 Å². The Labute approximate surface area is 213 Å². The Morgan fingerprint density at radius 2 is 1.78 bits per heavy atom. The van der Waals surface area contributed by atoms with Gasteiger partial charge in [0.15, 0.2) is 5.65 Å². The van der Waals surface area contributed by atoms with Crippen molar-refractivity contribution in [2.45, 2.75) is 0 Å². The Balaban J connectivity index is 1.41. The van der Waals surface area contributed by atoms with Gasteiger partial charge in [-0.1, -0.05) is 12.1 Å². The number of likely N-dealkylation sites (N-methyl/N-ethyl adjacent to an activating group) is 1. The van der Waals surface area contributed by atoms with Crippen LogP contribution in [0.4, 0.5) is 10.1 Å². The van der Waals surface area contributed by atoms with Gasteiger partial charge in [-0.3, -0.25) is 10.1 Å². The molecule has 0 radical (unpaired) electrons. The molecule has 0 aliphatic carbocycles. The molecule has 0 saturated heterocycles. The number of halogens is 1. The van der Waals surface area contributed by atoms with Crippen molar-refractivity contribution in [2.75, 3.05) is 32.5 Å². The first-order valence-electron chi connectivity index (χ1n) is 12.1. The Hall–Kier alpha value is -4.56. The van der Waals surface area contributed by atoms with Crippen molar-refractivity contribution in [1.29, 1.82) is 0 Å². The van der Waals surface area contributed by atoms with E-state index in [1.165, 1.54) is 6.07 Å². The molecule has 3 N–H and O–H groups in total. The maximum Gasteiger partial charge on any atom is 0.181 e. The summed E-state index contributed by atoms with van der Waals surface area (Å²) in [5, 5.41) is 12.8. The summed E-state index contributed by atoms with van der Waals surface area (Å²) in [5.74, 6) is -0.271. The first kappa shape index (κ1) is 22.9. The van der Waals surface area contributed by atoms with Crippen molar-refractivity contribution in [2.24, 2.45) is 0 Å². The number of rotatable bonds is 7. The maximum atomic E-state index is 14.6. The van der Waals surface area contributed by atoms with E-state index in [1.54, 1.807) is 18.5 Å². The monoisotopic (exact) mass is 491 g/mol. The second-order valence-corrected chi connectivity index (χ2v) is 9.34. The average Bonchev–Trinajstić information content (AvgIpc) is 3.52. The molecule has 4 aromatic heterocycles. The fourth-order valence-electron chi connectivity index (χ4n) is 4.62. The van der Waals surface area contributed by atoms with E-state index < -0.39 is 0 Å². The zero-order valence-electron chi connectivity index (χ0n) is 20.6. The van der Waals surface area contributed by atoms with Gasteiger partial charge in [0.1, 0.15) is 5.82 Å². The number of hydrogen-bond donors (Lipinski definition) is 3. The number of anilines is 1. The Morgan fingerprint density at radius 3 is 2.62 bits per heavy atom. The van der Waals surface area contributed by atoms with Gasteiger partial charge in [-0.15, -0.1) is 0 Å². The van der Waals surface area contributed by atoms with Gasteiger partial charge in [0.25, 0.3) is 0 Å². The number of aromatic amines is 2. The van der Waals surface area contributed by atoms with Gasteiger partial charge >= 0.3 is 0 Å². The smallest absolute Gasteiger partial charge is 0.181 e. The summed E-state index contributed by atoms with van der Waals surface area (Å²) in [4.78, 5) is 14.3. The van der Waals surface area contributed by atoms with Crippen LogP contribution in [0.1, 0.15) is 0 Å². The van der Waals surface area contributed by atoms with Gasteiger partial charge in [-0.05, 0) is 79.3 Å². The zero-order chi connectivity index (χ0) is 25.4. The van der Waals surface area contributed by atoms with Gasteiger partial charge in [-0.25, -0.2) is 9.37 Å². The van der Waals surface area contributed by atoms with E-state index >= 15 is 0 Å². The summed E-state index contributed by atoms with van der Waals surface area (Å²) >= 11 is 0. The maximum absolute atomic E-state index is 14.6. The molecule has 8 heteroatoms. The third kappa shape index (κ3) is 4.54. The fraction of sp³-hybridized carbons (Fsp3) is 0.138.